The molecule has 0 spiro atoms. The van der Waals surface area contributed by atoms with E-state index in [2.05, 4.69) is 14.7 Å². The van der Waals surface area contributed by atoms with Crippen LogP contribution in [0.1, 0.15) is 25.5 Å². The van der Waals surface area contributed by atoms with Crippen molar-refractivity contribution in [1.82, 2.24) is 9.97 Å². The Morgan fingerprint density at radius 1 is 1.42 bits per heavy atom. The van der Waals surface area contributed by atoms with Crippen molar-refractivity contribution in [3.63, 3.8) is 0 Å². The summed E-state index contributed by atoms with van der Waals surface area (Å²) in [7, 11) is -3.75. The number of hydrogen-bond donors (Lipinski definition) is 1. The molecular formula is C11H12ClN3O2S2. The van der Waals surface area contributed by atoms with Crippen LogP contribution >= 0.6 is 22.9 Å². The molecule has 0 aliphatic rings. The van der Waals surface area contributed by atoms with Crippen LogP contribution in [-0.4, -0.2) is 18.4 Å². The molecule has 0 unspecified atom stereocenters. The van der Waals surface area contributed by atoms with E-state index in [0.29, 0.717) is 5.13 Å². The minimum Gasteiger partial charge on any atom is -0.263 e. The van der Waals surface area contributed by atoms with Crippen LogP contribution < -0.4 is 4.72 Å². The molecule has 0 bridgehead atoms. The predicted molar refractivity (Wildman–Crippen MR) is 76.3 cm³/mol. The van der Waals surface area contributed by atoms with E-state index in [4.69, 9.17) is 11.6 Å². The third-order valence-electron chi connectivity index (χ3n) is 2.36. The van der Waals surface area contributed by atoms with E-state index in [0.717, 1.165) is 5.69 Å². The molecule has 0 aliphatic carbocycles. The van der Waals surface area contributed by atoms with Gasteiger partial charge in [0.25, 0.3) is 10.0 Å². The van der Waals surface area contributed by atoms with E-state index in [9.17, 15) is 8.42 Å². The first kappa shape index (κ1) is 14.2. The minimum absolute atomic E-state index is 0.0574. The maximum atomic E-state index is 12.1. The fraction of sp³-hybridized carbons (Fsp3) is 0.273. The number of thiazole rings is 1. The van der Waals surface area contributed by atoms with Crippen LogP contribution in [0.5, 0.6) is 0 Å². The maximum absolute atomic E-state index is 12.1. The van der Waals surface area contributed by atoms with Crippen molar-refractivity contribution in [2.45, 2.75) is 24.7 Å². The van der Waals surface area contributed by atoms with Crippen LogP contribution in [-0.2, 0) is 10.0 Å². The molecule has 5 nitrogen and oxygen atoms in total. The van der Waals surface area contributed by atoms with Crippen LogP contribution in [0, 0.1) is 0 Å². The summed E-state index contributed by atoms with van der Waals surface area (Å²) in [5.74, 6) is 0.247. The number of nitrogens with one attached hydrogen (secondary N) is 1. The molecule has 0 aliphatic heterocycles. The zero-order chi connectivity index (χ0) is 14.0. The Morgan fingerprint density at radius 2 is 2.16 bits per heavy atom. The summed E-state index contributed by atoms with van der Waals surface area (Å²) in [6.07, 6.45) is 2.64. The van der Waals surface area contributed by atoms with Gasteiger partial charge in [0, 0.05) is 17.8 Å². The summed E-state index contributed by atoms with van der Waals surface area (Å²) in [5, 5.41) is 2.28. The lowest BCUT2D eigenvalue weighted by Crippen LogP contribution is -2.13. The monoisotopic (exact) mass is 317 g/mol. The Balaban J connectivity index is 2.29. The largest absolute Gasteiger partial charge is 0.266 e. The number of anilines is 1. The normalized spacial score (nSPS) is 11.8. The predicted octanol–water partition coefficient (Wildman–Crippen LogP) is 3.12. The Labute approximate surface area is 120 Å². The van der Waals surface area contributed by atoms with E-state index in [1.54, 1.807) is 0 Å². The highest BCUT2D eigenvalue weighted by Crippen LogP contribution is 2.26. The molecule has 0 aromatic carbocycles. The number of nitrogens with zero attached hydrogens (tertiary/aromatic N) is 2. The zero-order valence-electron chi connectivity index (χ0n) is 10.3. The van der Waals surface area contributed by atoms with Crippen LogP contribution in [0.25, 0.3) is 0 Å². The van der Waals surface area contributed by atoms with Gasteiger partial charge in [-0.3, -0.25) is 9.71 Å². The summed E-state index contributed by atoms with van der Waals surface area (Å²) in [6.45, 7) is 3.98. The third kappa shape index (κ3) is 3.23. The van der Waals surface area contributed by atoms with E-state index < -0.39 is 10.0 Å². The van der Waals surface area contributed by atoms with E-state index in [1.165, 1.54) is 29.8 Å². The fourth-order valence-electron chi connectivity index (χ4n) is 1.33. The molecule has 8 heteroatoms. The van der Waals surface area contributed by atoms with Crippen LogP contribution in [0.3, 0.4) is 0 Å². The van der Waals surface area contributed by atoms with Gasteiger partial charge < -0.3 is 0 Å². The van der Waals surface area contributed by atoms with Crippen molar-refractivity contribution in [3.05, 3.63) is 34.6 Å². The van der Waals surface area contributed by atoms with Crippen molar-refractivity contribution < 1.29 is 8.42 Å². The number of halogens is 1. The molecule has 0 saturated heterocycles. The Morgan fingerprint density at radius 3 is 2.74 bits per heavy atom. The fourth-order valence-corrected chi connectivity index (χ4v) is 3.89. The molecule has 2 aromatic heterocycles. The molecule has 2 aromatic rings. The highest BCUT2D eigenvalue weighted by Gasteiger charge is 2.20. The van der Waals surface area contributed by atoms with Crippen molar-refractivity contribution in [3.8, 4) is 0 Å². The maximum Gasteiger partial charge on any atom is 0.266 e. The first-order valence-electron chi connectivity index (χ1n) is 5.48. The van der Waals surface area contributed by atoms with E-state index in [-0.39, 0.29) is 15.8 Å². The van der Waals surface area contributed by atoms with Gasteiger partial charge in [0.1, 0.15) is 4.90 Å². The Hall–Kier alpha value is -1.18. The lowest BCUT2D eigenvalue weighted by molar-refractivity contribution is 0.601. The molecule has 2 heterocycles. The molecule has 0 fully saturated rings. The lowest BCUT2D eigenvalue weighted by atomic mass is 10.2. The quantitative estimate of drug-likeness (QED) is 0.940. The van der Waals surface area contributed by atoms with Gasteiger partial charge in [0.05, 0.1) is 10.7 Å². The summed E-state index contributed by atoms with van der Waals surface area (Å²) in [5.41, 5.74) is 0.847. The van der Waals surface area contributed by atoms with E-state index >= 15 is 0 Å². The number of rotatable bonds is 4. The third-order valence-corrected chi connectivity index (χ3v) is 5.07. The van der Waals surface area contributed by atoms with Crippen molar-refractivity contribution in [2.75, 3.05) is 4.72 Å². The van der Waals surface area contributed by atoms with Gasteiger partial charge in [0.15, 0.2) is 5.13 Å². The number of pyridine rings is 1. The van der Waals surface area contributed by atoms with Gasteiger partial charge in [-0.05, 0) is 12.0 Å². The summed E-state index contributed by atoms with van der Waals surface area (Å²) in [4.78, 5) is 7.92. The van der Waals surface area contributed by atoms with Crippen LogP contribution in [0.4, 0.5) is 5.13 Å². The first-order chi connectivity index (χ1) is 8.90. The molecule has 0 amide bonds. The summed E-state index contributed by atoms with van der Waals surface area (Å²) >= 11 is 7.09. The second-order valence-corrected chi connectivity index (χ2v) is 7.06. The molecule has 19 heavy (non-hydrogen) atoms. The van der Waals surface area contributed by atoms with Crippen molar-refractivity contribution in [2.24, 2.45) is 0 Å². The van der Waals surface area contributed by atoms with Crippen LogP contribution in [0.15, 0.2) is 28.7 Å². The molecule has 0 atom stereocenters. The van der Waals surface area contributed by atoms with Gasteiger partial charge in [0.2, 0.25) is 0 Å². The van der Waals surface area contributed by atoms with Gasteiger partial charge in [-0.15, -0.1) is 11.3 Å². The smallest absolute Gasteiger partial charge is 0.263 e. The minimum atomic E-state index is -3.75. The van der Waals surface area contributed by atoms with Crippen LogP contribution in [0.2, 0.25) is 5.02 Å². The van der Waals surface area contributed by atoms with Gasteiger partial charge in [-0.2, -0.15) is 0 Å². The summed E-state index contributed by atoms with van der Waals surface area (Å²) < 4.78 is 26.7. The number of hydrogen-bond acceptors (Lipinski definition) is 5. The highest BCUT2D eigenvalue weighted by atomic mass is 35.5. The Bertz CT molecular complexity index is 683. The Kier molecular flexibility index (Phi) is 4.07. The second-order valence-electron chi connectivity index (χ2n) is 4.14. The second kappa shape index (κ2) is 5.44. The van der Waals surface area contributed by atoms with Gasteiger partial charge >= 0.3 is 0 Å². The average Bonchev–Trinajstić information content (AvgIpc) is 2.77. The van der Waals surface area contributed by atoms with Crippen molar-refractivity contribution >= 4 is 38.1 Å². The summed E-state index contributed by atoms with van der Waals surface area (Å²) in [6, 6.07) is 1.43. The van der Waals surface area contributed by atoms with E-state index in [1.807, 2.05) is 19.2 Å². The molecule has 1 N–H and O–H groups in total. The van der Waals surface area contributed by atoms with Gasteiger partial charge in [-0.25, -0.2) is 13.4 Å². The molecule has 0 radical (unpaired) electrons. The zero-order valence-corrected chi connectivity index (χ0v) is 12.7. The molecule has 102 valence electrons. The molecule has 2 rings (SSSR count). The van der Waals surface area contributed by atoms with Crippen molar-refractivity contribution in [1.29, 1.82) is 0 Å². The molecule has 0 saturated carbocycles. The SMILES string of the molecule is CC(C)c1csc(NS(=O)(=O)c2cnccc2Cl)n1. The topological polar surface area (TPSA) is 72.0 Å². The van der Waals surface area contributed by atoms with Gasteiger partial charge in [-0.1, -0.05) is 25.4 Å². The number of sulfonamides is 1. The standard InChI is InChI=1S/C11H12ClN3O2S2/c1-7(2)9-6-18-11(14-9)15-19(16,17)10-5-13-4-3-8(10)12/h3-7H,1-2H3,(H,14,15). The highest BCUT2D eigenvalue weighted by molar-refractivity contribution is 7.93. The molecular weight excluding hydrogens is 306 g/mol. The first-order valence-corrected chi connectivity index (χ1v) is 8.22. The lowest BCUT2D eigenvalue weighted by Gasteiger charge is -2.06. The number of aromatic nitrogens is 2. The average molecular weight is 318 g/mol.